The van der Waals surface area contributed by atoms with Gasteiger partial charge in [-0.15, -0.1) is 11.6 Å². The van der Waals surface area contributed by atoms with E-state index in [2.05, 4.69) is 4.72 Å². The Hall–Kier alpha value is -0.310. The minimum Gasteiger partial charge on any atom is -0.215 e. The number of sulfonamides is 1. The van der Waals surface area contributed by atoms with Crippen molar-refractivity contribution in [1.82, 2.24) is 4.72 Å². The van der Waals surface area contributed by atoms with Crippen molar-refractivity contribution in [2.75, 3.05) is 18.2 Å². The lowest BCUT2D eigenvalue weighted by Crippen LogP contribution is -2.27. The van der Waals surface area contributed by atoms with Gasteiger partial charge in [-0.05, 0) is 19.3 Å². The third-order valence-corrected chi connectivity index (χ3v) is 3.32. The molecule has 4 nitrogen and oxygen atoms in total. The van der Waals surface area contributed by atoms with E-state index in [9.17, 15) is 8.42 Å². The summed E-state index contributed by atoms with van der Waals surface area (Å²) in [6, 6.07) is 1.95. The van der Waals surface area contributed by atoms with E-state index in [4.69, 9.17) is 16.9 Å². The van der Waals surface area contributed by atoms with Crippen molar-refractivity contribution in [2.45, 2.75) is 25.7 Å². The monoisotopic (exact) mass is 238 g/mol. The maximum atomic E-state index is 11.2. The molecule has 0 aromatic heterocycles. The summed E-state index contributed by atoms with van der Waals surface area (Å²) in [7, 11) is -3.15. The number of rotatable bonds is 8. The second-order valence-electron chi connectivity index (χ2n) is 2.87. The first-order valence-electron chi connectivity index (χ1n) is 4.52. The van der Waals surface area contributed by atoms with Crippen LogP contribution in [0.15, 0.2) is 0 Å². The number of unbranched alkanes of at least 4 members (excludes halogenated alkanes) is 2. The lowest BCUT2D eigenvalue weighted by molar-refractivity contribution is 0.576. The van der Waals surface area contributed by atoms with E-state index in [1.54, 1.807) is 0 Å². The molecule has 0 aromatic carbocycles. The smallest absolute Gasteiger partial charge is 0.211 e. The standard InChI is InChI=1S/C8H15ClN2O2S/c9-5-1-4-8-14(12,13)11-7-3-2-6-10/h11H,1-5,7-8H2. The zero-order valence-corrected chi connectivity index (χ0v) is 9.57. The second kappa shape index (κ2) is 8.04. The first kappa shape index (κ1) is 13.7. The third kappa shape index (κ3) is 8.30. The van der Waals surface area contributed by atoms with E-state index >= 15 is 0 Å². The minimum absolute atomic E-state index is 0.117. The Morgan fingerprint density at radius 3 is 2.57 bits per heavy atom. The summed E-state index contributed by atoms with van der Waals surface area (Å²) in [6.07, 6.45) is 2.23. The van der Waals surface area contributed by atoms with Crippen LogP contribution in [-0.2, 0) is 10.0 Å². The molecular formula is C8H15ClN2O2S. The van der Waals surface area contributed by atoms with E-state index in [1.165, 1.54) is 0 Å². The van der Waals surface area contributed by atoms with Crippen LogP contribution in [0.25, 0.3) is 0 Å². The summed E-state index contributed by atoms with van der Waals surface area (Å²) >= 11 is 5.42. The van der Waals surface area contributed by atoms with E-state index in [-0.39, 0.29) is 5.75 Å². The highest BCUT2D eigenvalue weighted by molar-refractivity contribution is 7.89. The summed E-state index contributed by atoms with van der Waals surface area (Å²) in [5.74, 6) is 0.607. The molecular weight excluding hydrogens is 224 g/mol. The first-order valence-corrected chi connectivity index (χ1v) is 6.71. The normalized spacial score (nSPS) is 11.1. The zero-order chi connectivity index (χ0) is 10.9. The molecule has 82 valence electrons. The summed E-state index contributed by atoms with van der Waals surface area (Å²) in [4.78, 5) is 0. The molecule has 14 heavy (non-hydrogen) atoms. The Kier molecular flexibility index (Phi) is 7.86. The fraction of sp³-hybridized carbons (Fsp3) is 0.875. The van der Waals surface area contributed by atoms with Crippen LogP contribution in [0, 0.1) is 11.3 Å². The second-order valence-corrected chi connectivity index (χ2v) is 5.18. The molecule has 0 fully saturated rings. The molecule has 0 aromatic rings. The Morgan fingerprint density at radius 1 is 1.29 bits per heavy atom. The SMILES string of the molecule is N#CCCCNS(=O)(=O)CCCCCl. The molecule has 0 saturated carbocycles. The fourth-order valence-corrected chi connectivity index (χ4v) is 2.23. The molecule has 0 aliphatic rings. The van der Waals surface area contributed by atoms with Gasteiger partial charge in [0.15, 0.2) is 0 Å². The average Bonchev–Trinajstić information content (AvgIpc) is 2.13. The predicted molar refractivity (Wildman–Crippen MR) is 56.6 cm³/mol. The number of hydrogen-bond acceptors (Lipinski definition) is 3. The number of nitrogens with one attached hydrogen (secondary N) is 1. The summed E-state index contributed by atoms with van der Waals surface area (Å²) in [5, 5.41) is 8.23. The quantitative estimate of drug-likeness (QED) is 0.511. The highest BCUT2D eigenvalue weighted by Crippen LogP contribution is 1.96. The van der Waals surface area contributed by atoms with Gasteiger partial charge in [-0.1, -0.05) is 0 Å². The van der Waals surface area contributed by atoms with Crippen LogP contribution in [0.2, 0.25) is 0 Å². The van der Waals surface area contributed by atoms with E-state index < -0.39 is 10.0 Å². The lowest BCUT2D eigenvalue weighted by atomic mass is 10.3. The predicted octanol–water partition coefficient (Wildman–Crippen LogP) is 1.23. The van der Waals surface area contributed by atoms with Gasteiger partial charge in [-0.3, -0.25) is 0 Å². The van der Waals surface area contributed by atoms with Gasteiger partial charge in [-0.2, -0.15) is 5.26 Å². The molecule has 6 heteroatoms. The molecule has 0 unspecified atom stereocenters. The van der Waals surface area contributed by atoms with Crippen molar-refractivity contribution >= 4 is 21.6 Å². The number of hydrogen-bond donors (Lipinski definition) is 1. The maximum Gasteiger partial charge on any atom is 0.211 e. The molecule has 0 saturated heterocycles. The first-order chi connectivity index (χ1) is 6.62. The number of alkyl halides is 1. The molecule has 0 aliphatic heterocycles. The molecule has 0 atom stereocenters. The molecule has 0 bridgehead atoms. The van der Waals surface area contributed by atoms with Crippen molar-refractivity contribution in [2.24, 2.45) is 0 Å². The lowest BCUT2D eigenvalue weighted by Gasteiger charge is -2.04. The summed E-state index contributed by atoms with van der Waals surface area (Å²) in [6.45, 7) is 0.344. The molecule has 0 amide bonds. The van der Waals surface area contributed by atoms with E-state index in [0.717, 1.165) is 0 Å². The average molecular weight is 239 g/mol. The number of nitriles is 1. The third-order valence-electron chi connectivity index (χ3n) is 1.58. The van der Waals surface area contributed by atoms with Gasteiger partial charge >= 0.3 is 0 Å². The van der Waals surface area contributed by atoms with Gasteiger partial charge in [0.25, 0.3) is 0 Å². The minimum atomic E-state index is -3.15. The Bertz CT molecular complexity index is 272. The van der Waals surface area contributed by atoms with Gasteiger partial charge in [0, 0.05) is 18.8 Å². The van der Waals surface area contributed by atoms with Crippen LogP contribution in [0.4, 0.5) is 0 Å². The molecule has 0 heterocycles. The van der Waals surface area contributed by atoms with Gasteiger partial charge in [-0.25, -0.2) is 13.1 Å². The van der Waals surface area contributed by atoms with Crippen LogP contribution in [0.5, 0.6) is 0 Å². The topological polar surface area (TPSA) is 70.0 Å². The van der Waals surface area contributed by atoms with Crippen LogP contribution < -0.4 is 4.72 Å². The van der Waals surface area contributed by atoms with E-state index in [0.29, 0.717) is 38.1 Å². The Labute approximate surface area is 90.3 Å². The largest absolute Gasteiger partial charge is 0.215 e. The summed E-state index contributed by atoms with van der Waals surface area (Å²) < 4.78 is 24.9. The van der Waals surface area contributed by atoms with Gasteiger partial charge in [0.1, 0.15) is 0 Å². The summed E-state index contributed by atoms with van der Waals surface area (Å²) in [5.41, 5.74) is 0. The number of halogens is 1. The molecule has 0 radical (unpaired) electrons. The van der Waals surface area contributed by atoms with Gasteiger partial charge < -0.3 is 0 Å². The fourth-order valence-electron chi connectivity index (χ4n) is 0.854. The van der Waals surface area contributed by atoms with Crippen molar-refractivity contribution < 1.29 is 8.42 Å². The molecule has 0 spiro atoms. The van der Waals surface area contributed by atoms with Gasteiger partial charge in [0.05, 0.1) is 11.8 Å². The molecule has 1 N–H and O–H groups in total. The van der Waals surface area contributed by atoms with Crippen molar-refractivity contribution in [3.8, 4) is 6.07 Å². The van der Waals surface area contributed by atoms with E-state index in [1.807, 2.05) is 6.07 Å². The van der Waals surface area contributed by atoms with Gasteiger partial charge in [0.2, 0.25) is 10.0 Å². The number of nitrogens with zero attached hydrogens (tertiary/aromatic N) is 1. The Morgan fingerprint density at radius 2 is 2.00 bits per heavy atom. The maximum absolute atomic E-state index is 11.2. The van der Waals surface area contributed by atoms with Crippen LogP contribution in [0.1, 0.15) is 25.7 Å². The Balaban J connectivity index is 3.58. The van der Waals surface area contributed by atoms with Crippen molar-refractivity contribution in [1.29, 1.82) is 5.26 Å². The van der Waals surface area contributed by atoms with Crippen molar-refractivity contribution in [3.63, 3.8) is 0 Å². The molecule has 0 rings (SSSR count). The van der Waals surface area contributed by atoms with Crippen LogP contribution in [-0.4, -0.2) is 26.6 Å². The highest BCUT2D eigenvalue weighted by Gasteiger charge is 2.07. The molecule has 0 aliphatic carbocycles. The van der Waals surface area contributed by atoms with Crippen LogP contribution >= 0.6 is 11.6 Å². The van der Waals surface area contributed by atoms with Crippen LogP contribution in [0.3, 0.4) is 0 Å². The highest BCUT2D eigenvalue weighted by atomic mass is 35.5. The zero-order valence-electron chi connectivity index (χ0n) is 8.00. The van der Waals surface area contributed by atoms with Crippen molar-refractivity contribution in [3.05, 3.63) is 0 Å².